The molecule has 4 aromatic carbocycles. The minimum atomic E-state index is -0.173. The maximum absolute atomic E-state index is 5.24. The molecule has 0 fully saturated rings. The second-order valence-electron chi connectivity index (χ2n) is 10.8. The van der Waals surface area contributed by atoms with Crippen LogP contribution in [-0.2, 0) is 0 Å². The van der Waals surface area contributed by atoms with Crippen LogP contribution in [0.1, 0.15) is 39.1 Å². The van der Waals surface area contributed by atoms with Gasteiger partial charge in [-0.2, -0.15) is 0 Å². The van der Waals surface area contributed by atoms with E-state index >= 15 is 0 Å². The van der Waals surface area contributed by atoms with Gasteiger partial charge in [-0.25, -0.2) is 0 Å². The lowest BCUT2D eigenvalue weighted by Crippen LogP contribution is -2.33. The molecule has 0 saturated carbocycles. The highest BCUT2D eigenvalue weighted by Crippen LogP contribution is 2.53. The number of anilines is 1. The van der Waals surface area contributed by atoms with Gasteiger partial charge < -0.3 is 10.6 Å². The highest BCUT2D eigenvalue weighted by atomic mass is 32.2. The molecule has 8 rings (SSSR count). The second kappa shape index (κ2) is 10.1. The van der Waals surface area contributed by atoms with Crippen LogP contribution in [0.15, 0.2) is 149 Å². The number of allylic oxidation sites excluding steroid dienone is 4. The van der Waals surface area contributed by atoms with E-state index in [1.165, 1.54) is 32.8 Å². The molecule has 4 aromatic rings. The average molecular weight is 548 g/mol. The van der Waals surface area contributed by atoms with Gasteiger partial charge in [-0.3, -0.25) is 4.99 Å². The molecule has 0 amide bonds. The first-order valence-electron chi connectivity index (χ1n) is 14.2. The summed E-state index contributed by atoms with van der Waals surface area (Å²) >= 11 is 1.91. The van der Waals surface area contributed by atoms with Crippen molar-refractivity contribution in [2.75, 3.05) is 5.32 Å². The van der Waals surface area contributed by atoms with Crippen LogP contribution in [0.3, 0.4) is 0 Å². The number of hydrogen-bond acceptors (Lipinski definition) is 4. The Morgan fingerprint density at radius 2 is 1.39 bits per heavy atom. The zero-order valence-corrected chi connectivity index (χ0v) is 23.3. The third kappa shape index (κ3) is 4.45. The summed E-state index contributed by atoms with van der Waals surface area (Å²) in [6, 6.07) is 36.3. The van der Waals surface area contributed by atoms with E-state index in [9.17, 15) is 0 Å². The molecule has 0 radical (unpaired) electrons. The van der Waals surface area contributed by atoms with E-state index in [1.54, 1.807) is 0 Å². The molecule has 0 bridgehead atoms. The Labute approximate surface area is 245 Å². The normalized spacial score (nSPS) is 23.7. The third-order valence-corrected chi connectivity index (χ3v) is 9.52. The first-order valence-corrected chi connectivity index (χ1v) is 15.1. The Hall–Kier alpha value is -4.54. The molecule has 0 aromatic heterocycles. The molecule has 4 unspecified atom stereocenters. The molecule has 2 aliphatic heterocycles. The number of nitrogens with zero attached hydrogens (tertiary/aromatic N) is 1. The molecule has 2 heterocycles. The Morgan fingerprint density at radius 1 is 0.683 bits per heavy atom. The molecule has 3 nitrogen and oxygen atoms in total. The van der Waals surface area contributed by atoms with Crippen LogP contribution in [0, 0.1) is 5.92 Å². The molecule has 198 valence electrons. The van der Waals surface area contributed by atoms with E-state index in [0.717, 1.165) is 22.5 Å². The Bertz CT molecular complexity index is 1770. The summed E-state index contributed by atoms with van der Waals surface area (Å²) in [4.78, 5) is 6.57. The van der Waals surface area contributed by atoms with Crippen molar-refractivity contribution in [3.8, 4) is 0 Å². The van der Waals surface area contributed by atoms with Gasteiger partial charge in [0.15, 0.2) is 0 Å². The Kier molecular flexibility index (Phi) is 6.00. The summed E-state index contributed by atoms with van der Waals surface area (Å²) in [7, 11) is 0. The highest BCUT2D eigenvalue weighted by Gasteiger charge is 2.34. The molecule has 4 heteroatoms. The number of rotatable bonds is 4. The fourth-order valence-electron chi connectivity index (χ4n) is 6.25. The standard InChI is InChI=1S/C37H29N3S/c1-4-10-25(11-5-1)31-23-32(26-12-6-2-7-13-26)39-36(38-31)29-19-17-24-16-18-27-20-21-33-35(34(27)30(24)22-29)40-37(41-33)28-14-8-3-9-15-28/h1-24,30,36-38,40H. The summed E-state index contributed by atoms with van der Waals surface area (Å²) in [5, 5.41) is 7.87. The fourth-order valence-corrected chi connectivity index (χ4v) is 7.41. The van der Waals surface area contributed by atoms with Crippen LogP contribution in [0.2, 0.25) is 0 Å². The van der Waals surface area contributed by atoms with Gasteiger partial charge in [0.05, 0.1) is 11.4 Å². The summed E-state index contributed by atoms with van der Waals surface area (Å²) in [6.07, 6.45) is 13.7. The van der Waals surface area contributed by atoms with Crippen molar-refractivity contribution >= 4 is 34.9 Å². The quantitative estimate of drug-likeness (QED) is 0.269. The highest BCUT2D eigenvalue weighted by molar-refractivity contribution is 8.00. The van der Waals surface area contributed by atoms with Gasteiger partial charge in [0.25, 0.3) is 0 Å². The maximum atomic E-state index is 5.24. The number of thioether (sulfide) groups is 1. The molecule has 0 spiro atoms. The van der Waals surface area contributed by atoms with E-state index in [1.807, 2.05) is 11.8 Å². The van der Waals surface area contributed by atoms with Crippen molar-refractivity contribution in [2.45, 2.75) is 22.4 Å². The average Bonchev–Trinajstić information content (AvgIpc) is 3.50. The largest absolute Gasteiger partial charge is 0.368 e. The van der Waals surface area contributed by atoms with Gasteiger partial charge in [-0.15, -0.1) is 0 Å². The summed E-state index contributed by atoms with van der Waals surface area (Å²) in [5.74, 6) is 0.571. The predicted octanol–water partition coefficient (Wildman–Crippen LogP) is 8.59. The zero-order valence-electron chi connectivity index (χ0n) is 22.4. The lowest BCUT2D eigenvalue weighted by Gasteiger charge is -2.33. The zero-order chi connectivity index (χ0) is 27.2. The summed E-state index contributed by atoms with van der Waals surface area (Å²) < 4.78 is 0. The number of nitrogens with one attached hydrogen (secondary N) is 2. The van der Waals surface area contributed by atoms with Crippen LogP contribution in [0.4, 0.5) is 5.69 Å². The SMILES string of the molecule is C1=CC2C=Cc3ccc4c(c3C2C=C1C1N=C(c2ccccc2)C=C(c2ccccc2)N1)NC(c1ccccc1)S4. The van der Waals surface area contributed by atoms with Gasteiger partial charge in [-0.1, -0.05) is 139 Å². The van der Waals surface area contributed by atoms with Gasteiger partial charge in [-0.05, 0) is 45.5 Å². The van der Waals surface area contributed by atoms with Crippen LogP contribution in [0.5, 0.6) is 0 Å². The first-order chi connectivity index (χ1) is 20.3. The summed E-state index contributed by atoms with van der Waals surface area (Å²) in [6.45, 7) is 0. The maximum Gasteiger partial charge on any atom is 0.145 e. The summed E-state index contributed by atoms with van der Waals surface area (Å²) in [5.41, 5.74) is 10.9. The van der Waals surface area contributed by atoms with E-state index in [2.05, 4.69) is 150 Å². The molecule has 0 saturated heterocycles. The molecule has 4 atom stereocenters. The van der Waals surface area contributed by atoms with Crippen molar-refractivity contribution < 1.29 is 0 Å². The van der Waals surface area contributed by atoms with Crippen molar-refractivity contribution in [3.05, 3.63) is 167 Å². The van der Waals surface area contributed by atoms with Gasteiger partial charge in [0.1, 0.15) is 11.5 Å². The van der Waals surface area contributed by atoms with Gasteiger partial charge in [0.2, 0.25) is 0 Å². The first kappa shape index (κ1) is 24.3. The smallest absolute Gasteiger partial charge is 0.145 e. The van der Waals surface area contributed by atoms with Crippen LogP contribution in [0.25, 0.3) is 11.8 Å². The van der Waals surface area contributed by atoms with Crippen molar-refractivity contribution in [1.29, 1.82) is 0 Å². The van der Waals surface area contributed by atoms with E-state index in [-0.39, 0.29) is 17.5 Å². The van der Waals surface area contributed by atoms with Crippen LogP contribution in [-0.4, -0.2) is 11.9 Å². The second-order valence-corrected chi connectivity index (χ2v) is 12.0. The van der Waals surface area contributed by atoms with Crippen LogP contribution < -0.4 is 10.6 Å². The molecule has 4 aliphatic rings. The lowest BCUT2D eigenvalue weighted by molar-refractivity contribution is 0.651. The molecular formula is C37H29N3S. The number of fused-ring (bicyclic) bond motifs is 5. The molecule has 2 aliphatic carbocycles. The van der Waals surface area contributed by atoms with Crippen molar-refractivity contribution in [2.24, 2.45) is 10.9 Å². The number of aliphatic imine (C=N–C) groups is 1. The van der Waals surface area contributed by atoms with Gasteiger partial charge in [0, 0.05) is 22.4 Å². The Morgan fingerprint density at radius 3 is 2.17 bits per heavy atom. The predicted molar refractivity (Wildman–Crippen MR) is 172 cm³/mol. The Balaban J connectivity index is 1.18. The van der Waals surface area contributed by atoms with Gasteiger partial charge >= 0.3 is 0 Å². The van der Waals surface area contributed by atoms with Crippen molar-refractivity contribution in [3.63, 3.8) is 0 Å². The fraction of sp³-hybridized carbons (Fsp3) is 0.108. The molecule has 41 heavy (non-hydrogen) atoms. The third-order valence-electron chi connectivity index (χ3n) is 8.30. The minimum Gasteiger partial charge on any atom is -0.368 e. The van der Waals surface area contributed by atoms with E-state index < -0.39 is 0 Å². The number of benzene rings is 4. The van der Waals surface area contributed by atoms with E-state index in [4.69, 9.17) is 4.99 Å². The molecular weight excluding hydrogens is 518 g/mol. The monoisotopic (exact) mass is 547 g/mol. The topological polar surface area (TPSA) is 36.4 Å². The lowest BCUT2D eigenvalue weighted by atomic mass is 9.74. The molecule has 2 N–H and O–H groups in total. The van der Waals surface area contributed by atoms with E-state index in [0.29, 0.717) is 5.92 Å². The minimum absolute atomic E-state index is 0.173. The number of hydrogen-bond donors (Lipinski definition) is 2. The van der Waals surface area contributed by atoms with Crippen molar-refractivity contribution in [1.82, 2.24) is 5.32 Å². The van der Waals surface area contributed by atoms with Crippen LogP contribution >= 0.6 is 11.8 Å².